The molecule has 2 aromatic carbocycles. The number of anilines is 2. The van der Waals surface area contributed by atoms with Crippen LogP contribution in [0.15, 0.2) is 59.6 Å². The van der Waals surface area contributed by atoms with Crippen LogP contribution in [0.2, 0.25) is 5.02 Å². The monoisotopic (exact) mass is 466 g/mol. The molecule has 0 fully saturated rings. The molecule has 164 valence electrons. The van der Waals surface area contributed by atoms with Crippen LogP contribution < -0.4 is 15.5 Å². The molecule has 2 heterocycles. The van der Waals surface area contributed by atoms with E-state index in [1.807, 2.05) is 32.0 Å². The Morgan fingerprint density at radius 3 is 2.69 bits per heavy atom. The van der Waals surface area contributed by atoms with Crippen molar-refractivity contribution in [2.75, 3.05) is 22.5 Å². The van der Waals surface area contributed by atoms with Crippen molar-refractivity contribution in [3.63, 3.8) is 0 Å². The maximum atomic E-state index is 13.1. The number of hydrogen-bond acceptors (Lipinski definition) is 4. The van der Waals surface area contributed by atoms with Gasteiger partial charge in [0.15, 0.2) is 0 Å². The number of amides is 3. The van der Waals surface area contributed by atoms with Crippen molar-refractivity contribution in [1.29, 1.82) is 0 Å². The molecule has 1 aliphatic heterocycles. The van der Waals surface area contributed by atoms with Crippen LogP contribution in [0.3, 0.4) is 0 Å². The van der Waals surface area contributed by atoms with Crippen LogP contribution in [0.4, 0.5) is 16.2 Å². The zero-order chi connectivity index (χ0) is 22.7. The van der Waals surface area contributed by atoms with E-state index in [0.717, 1.165) is 33.3 Å². The summed E-state index contributed by atoms with van der Waals surface area (Å²) in [5.74, 6) is 0.565. The first-order valence-electron chi connectivity index (χ1n) is 10.2. The highest BCUT2D eigenvalue weighted by molar-refractivity contribution is 7.99. The number of rotatable bonds is 4. The second-order valence-corrected chi connectivity index (χ2v) is 9.07. The average molecular weight is 467 g/mol. The number of halogens is 1. The predicted octanol–water partition coefficient (Wildman–Crippen LogP) is 5.43. The lowest BCUT2D eigenvalue weighted by atomic mass is 10.1. The Kier molecular flexibility index (Phi) is 6.67. The van der Waals surface area contributed by atoms with Crippen LogP contribution in [-0.2, 0) is 6.54 Å². The van der Waals surface area contributed by atoms with E-state index in [2.05, 4.69) is 15.6 Å². The van der Waals surface area contributed by atoms with Crippen LogP contribution in [-0.4, -0.2) is 29.2 Å². The number of hydrogen-bond donors (Lipinski definition) is 2. The van der Waals surface area contributed by atoms with E-state index in [0.29, 0.717) is 29.4 Å². The van der Waals surface area contributed by atoms with E-state index >= 15 is 0 Å². The van der Waals surface area contributed by atoms with Crippen molar-refractivity contribution in [3.8, 4) is 0 Å². The zero-order valence-electron chi connectivity index (χ0n) is 17.8. The molecule has 0 aliphatic carbocycles. The molecule has 0 unspecified atom stereocenters. The quantitative estimate of drug-likeness (QED) is 0.538. The minimum atomic E-state index is -0.237. The fourth-order valence-corrected chi connectivity index (χ4v) is 4.80. The fourth-order valence-electron chi connectivity index (χ4n) is 3.59. The van der Waals surface area contributed by atoms with Crippen LogP contribution in [0.1, 0.15) is 27.2 Å². The van der Waals surface area contributed by atoms with Crippen molar-refractivity contribution in [2.24, 2.45) is 0 Å². The van der Waals surface area contributed by atoms with E-state index in [1.165, 1.54) is 0 Å². The number of benzene rings is 2. The molecule has 0 saturated heterocycles. The van der Waals surface area contributed by atoms with Gasteiger partial charge in [-0.2, -0.15) is 0 Å². The highest BCUT2D eigenvalue weighted by Gasteiger charge is 2.26. The number of thioether (sulfide) groups is 1. The number of fused-ring (bicyclic) bond motifs is 1. The summed E-state index contributed by atoms with van der Waals surface area (Å²) in [7, 11) is 0. The molecule has 1 aromatic heterocycles. The van der Waals surface area contributed by atoms with E-state index < -0.39 is 0 Å². The van der Waals surface area contributed by atoms with Gasteiger partial charge in [-0.3, -0.25) is 9.69 Å². The van der Waals surface area contributed by atoms with E-state index in [9.17, 15) is 9.59 Å². The van der Waals surface area contributed by atoms with E-state index in [4.69, 9.17) is 11.6 Å². The summed E-state index contributed by atoms with van der Waals surface area (Å²) in [5, 5.41) is 7.34. The minimum Gasteiger partial charge on any atom is -0.348 e. The number of urea groups is 1. The van der Waals surface area contributed by atoms with Crippen molar-refractivity contribution in [3.05, 3.63) is 82.0 Å². The minimum absolute atomic E-state index is 0.216. The standard InChI is InChI=1S/C24H23ClN4O2S/c1-15-12-16(2)27-23-21(15)29(10-11-32-23)24(31)28-20-5-3-4-18(13-20)22(30)26-14-17-6-8-19(25)9-7-17/h3-9,12-13H,10-11,14H2,1-2H3,(H,26,30)(H,28,31). The molecule has 6 nitrogen and oxygen atoms in total. The van der Waals surface area contributed by atoms with Crippen LogP contribution in [0, 0.1) is 13.8 Å². The Hall–Kier alpha value is -3.03. The predicted molar refractivity (Wildman–Crippen MR) is 130 cm³/mol. The topological polar surface area (TPSA) is 74.3 Å². The maximum Gasteiger partial charge on any atom is 0.326 e. The molecule has 0 radical (unpaired) electrons. The zero-order valence-corrected chi connectivity index (χ0v) is 19.4. The smallest absolute Gasteiger partial charge is 0.326 e. The van der Waals surface area contributed by atoms with Gasteiger partial charge in [-0.15, -0.1) is 11.8 Å². The van der Waals surface area contributed by atoms with Gasteiger partial charge >= 0.3 is 6.03 Å². The Balaban J connectivity index is 1.45. The lowest BCUT2D eigenvalue weighted by molar-refractivity contribution is 0.0951. The summed E-state index contributed by atoms with van der Waals surface area (Å²) in [5.41, 5.74) is 4.79. The lowest BCUT2D eigenvalue weighted by Gasteiger charge is -2.30. The molecular weight excluding hydrogens is 444 g/mol. The number of carbonyl (C=O) groups is 2. The molecule has 0 spiro atoms. The third-order valence-electron chi connectivity index (χ3n) is 5.09. The molecule has 0 atom stereocenters. The SMILES string of the molecule is Cc1cc(C)c2c(n1)SCCN2C(=O)Nc1cccc(C(=O)NCc2ccc(Cl)cc2)c1. The summed E-state index contributed by atoms with van der Waals surface area (Å²) in [6.07, 6.45) is 0. The second kappa shape index (κ2) is 9.63. The van der Waals surface area contributed by atoms with Gasteiger partial charge in [-0.05, 0) is 61.4 Å². The number of nitrogens with one attached hydrogen (secondary N) is 2. The van der Waals surface area contributed by atoms with Crippen molar-refractivity contribution < 1.29 is 9.59 Å². The molecule has 3 aromatic rings. The van der Waals surface area contributed by atoms with E-state index in [-0.39, 0.29) is 11.9 Å². The summed E-state index contributed by atoms with van der Waals surface area (Å²) in [6.45, 7) is 4.93. The molecule has 0 saturated carbocycles. The Bertz CT molecular complexity index is 1170. The summed E-state index contributed by atoms with van der Waals surface area (Å²) in [4.78, 5) is 32.0. The molecular formula is C24H23ClN4O2S. The van der Waals surface area contributed by atoms with Gasteiger partial charge in [0.05, 0.1) is 5.69 Å². The van der Waals surface area contributed by atoms with Crippen LogP contribution in [0.25, 0.3) is 0 Å². The number of nitrogens with zero attached hydrogens (tertiary/aromatic N) is 2. The fraction of sp³-hybridized carbons (Fsp3) is 0.208. The molecule has 2 N–H and O–H groups in total. The number of carbonyl (C=O) groups excluding carboxylic acids is 2. The maximum absolute atomic E-state index is 13.1. The second-order valence-electron chi connectivity index (χ2n) is 7.55. The van der Waals surface area contributed by atoms with Gasteiger partial charge in [0, 0.05) is 40.8 Å². The largest absolute Gasteiger partial charge is 0.348 e. The van der Waals surface area contributed by atoms with Crippen molar-refractivity contribution in [1.82, 2.24) is 10.3 Å². The molecule has 0 bridgehead atoms. The third kappa shape index (κ3) is 5.06. The number of pyridine rings is 1. The molecule has 4 rings (SSSR count). The van der Waals surface area contributed by atoms with Crippen LogP contribution in [0.5, 0.6) is 0 Å². The first-order valence-corrected chi connectivity index (χ1v) is 11.6. The summed E-state index contributed by atoms with van der Waals surface area (Å²) < 4.78 is 0. The molecule has 8 heteroatoms. The molecule has 32 heavy (non-hydrogen) atoms. The molecule has 3 amide bonds. The molecule has 1 aliphatic rings. The first kappa shape index (κ1) is 22.2. The number of aromatic nitrogens is 1. The lowest BCUT2D eigenvalue weighted by Crippen LogP contribution is -2.39. The van der Waals surface area contributed by atoms with Gasteiger partial charge in [0.1, 0.15) is 5.03 Å². The van der Waals surface area contributed by atoms with Crippen molar-refractivity contribution >= 4 is 46.7 Å². The first-order chi connectivity index (χ1) is 15.4. The summed E-state index contributed by atoms with van der Waals surface area (Å²) in [6, 6.07) is 16.0. The van der Waals surface area contributed by atoms with Gasteiger partial charge in [-0.1, -0.05) is 29.8 Å². The van der Waals surface area contributed by atoms with Crippen molar-refractivity contribution in [2.45, 2.75) is 25.4 Å². The van der Waals surface area contributed by atoms with Gasteiger partial charge in [0.25, 0.3) is 5.91 Å². The van der Waals surface area contributed by atoms with Gasteiger partial charge < -0.3 is 10.6 Å². The van der Waals surface area contributed by atoms with Crippen LogP contribution >= 0.6 is 23.4 Å². The third-order valence-corrected chi connectivity index (χ3v) is 6.29. The normalized spacial score (nSPS) is 12.8. The summed E-state index contributed by atoms with van der Waals surface area (Å²) >= 11 is 7.56. The Morgan fingerprint density at radius 1 is 1.12 bits per heavy atom. The van der Waals surface area contributed by atoms with Gasteiger partial charge in [-0.25, -0.2) is 9.78 Å². The Morgan fingerprint density at radius 2 is 1.91 bits per heavy atom. The highest BCUT2D eigenvalue weighted by atomic mass is 35.5. The average Bonchev–Trinajstić information content (AvgIpc) is 2.78. The van der Waals surface area contributed by atoms with Gasteiger partial charge in [0.2, 0.25) is 0 Å². The highest BCUT2D eigenvalue weighted by Crippen LogP contribution is 2.36. The Labute approximate surface area is 196 Å². The number of aryl methyl sites for hydroxylation is 2. The van der Waals surface area contributed by atoms with E-state index in [1.54, 1.807) is 53.1 Å².